The molecule has 0 unspecified atom stereocenters. The van der Waals surface area contributed by atoms with Crippen LogP contribution in [0.3, 0.4) is 0 Å². The Morgan fingerprint density at radius 1 is 1.09 bits per heavy atom. The van der Waals surface area contributed by atoms with E-state index in [1.807, 2.05) is 0 Å². The minimum atomic E-state index is -0.845. The summed E-state index contributed by atoms with van der Waals surface area (Å²) in [7, 11) is -0.845. The van der Waals surface area contributed by atoms with E-state index in [0.717, 1.165) is 6.42 Å². The van der Waals surface area contributed by atoms with E-state index in [1.54, 1.807) is 5.20 Å². The molecule has 1 heterocycles. The summed E-state index contributed by atoms with van der Waals surface area (Å²) in [6.45, 7) is 13.4. The van der Waals surface area contributed by atoms with Gasteiger partial charge in [0.2, 0.25) is 0 Å². The monoisotopic (exact) mass is 402 g/mol. The largest absolute Gasteiger partial charge is 4.00 e. The normalized spacial score (nSPS) is 22.3. The summed E-state index contributed by atoms with van der Waals surface area (Å²) >= 11 is 0. The van der Waals surface area contributed by atoms with E-state index in [4.69, 9.17) is 0 Å². The van der Waals surface area contributed by atoms with Gasteiger partial charge in [0.05, 0.1) is 0 Å². The van der Waals surface area contributed by atoms with Crippen molar-refractivity contribution in [2.45, 2.75) is 66.1 Å². The first-order valence-corrected chi connectivity index (χ1v) is 10.8. The summed E-state index contributed by atoms with van der Waals surface area (Å²) in [5, 5.41) is 1.61. The van der Waals surface area contributed by atoms with E-state index in [1.165, 1.54) is 35.2 Å². The maximum absolute atomic E-state index is 3.47. The molecule has 0 bridgehead atoms. The second kappa shape index (κ2) is 9.83. The van der Waals surface area contributed by atoms with E-state index >= 15 is 0 Å². The van der Waals surface area contributed by atoms with Gasteiger partial charge in [-0.1, -0.05) is 58.2 Å². The Balaban J connectivity index is 0. The van der Waals surface area contributed by atoms with Gasteiger partial charge in [0, 0.05) is 8.07 Å². The molecule has 0 aromatic rings. The van der Waals surface area contributed by atoms with Crippen molar-refractivity contribution in [3.05, 3.63) is 46.2 Å². The molecule has 126 valence electrons. The molecule has 0 aromatic heterocycles. The van der Waals surface area contributed by atoms with Crippen molar-refractivity contribution in [3.63, 3.8) is 0 Å². The van der Waals surface area contributed by atoms with Crippen molar-refractivity contribution in [2.75, 3.05) is 0 Å². The third-order valence-electron chi connectivity index (χ3n) is 5.36. The van der Waals surface area contributed by atoms with Gasteiger partial charge in [-0.25, -0.2) is 16.8 Å². The summed E-state index contributed by atoms with van der Waals surface area (Å²) in [4.78, 5) is 0. The Bertz CT molecular complexity index is 523. The van der Waals surface area contributed by atoms with Crippen LogP contribution in [0.5, 0.6) is 0 Å². The van der Waals surface area contributed by atoms with Crippen LogP contribution >= 0.6 is 0 Å². The van der Waals surface area contributed by atoms with Crippen LogP contribution in [0.2, 0.25) is 18.6 Å². The van der Waals surface area contributed by atoms with E-state index in [2.05, 4.69) is 65.5 Å². The van der Waals surface area contributed by atoms with Gasteiger partial charge < -0.3 is 24.8 Å². The van der Waals surface area contributed by atoms with Crippen LogP contribution in [0.1, 0.15) is 47.5 Å². The van der Waals surface area contributed by atoms with Crippen molar-refractivity contribution in [1.29, 1.82) is 0 Å². The second-order valence-corrected chi connectivity index (χ2v) is 11.9. The number of hydrogen-bond donors (Lipinski definition) is 0. The Hall–Kier alpha value is 0.471. The molecule has 3 aliphatic rings. The van der Waals surface area contributed by atoms with Gasteiger partial charge in [0.25, 0.3) is 0 Å². The van der Waals surface area contributed by atoms with Crippen LogP contribution in [-0.2, 0) is 21.7 Å². The van der Waals surface area contributed by atoms with Gasteiger partial charge in [-0.2, -0.15) is 17.2 Å². The first kappa shape index (κ1) is 25.7. The van der Waals surface area contributed by atoms with Gasteiger partial charge in [-0.3, -0.25) is 12.2 Å². The first-order chi connectivity index (χ1) is 9.26. The minimum Gasteiger partial charge on any atom is -1.00 e. The predicted octanol–water partition coefficient (Wildman–Crippen LogP) is -0.185. The maximum atomic E-state index is 3.47. The molecule has 23 heavy (non-hydrogen) atoms. The van der Waals surface area contributed by atoms with Crippen molar-refractivity contribution < 1.29 is 46.5 Å². The van der Waals surface area contributed by atoms with Crippen LogP contribution in [-0.4, -0.2) is 8.07 Å². The molecule has 1 fully saturated rings. The van der Waals surface area contributed by atoms with Crippen LogP contribution in [0, 0.1) is 17.6 Å². The van der Waals surface area contributed by atoms with Gasteiger partial charge in [-0.15, -0.1) is 13.3 Å². The van der Waals surface area contributed by atoms with Crippen LogP contribution in [0.15, 0.2) is 34.1 Å². The van der Waals surface area contributed by atoms with Gasteiger partial charge in [-0.05, 0) is 0 Å². The predicted molar refractivity (Wildman–Crippen MR) is 90.9 cm³/mol. The Kier molecular flexibility index (Phi) is 11.0. The number of halogens is 2. The molecule has 0 aromatic carbocycles. The van der Waals surface area contributed by atoms with Crippen molar-refractivity contribution in [2.24, 2.45) is 5.41 Å². The summed E-state index contributed by atoms with van der Waals surface area (Å²) < 4.78 is 0. The standard InChI is InChI=1S/C10H15.C9H13Si.2ClH.Ti/c1-7-6-10(4,5)9(3)8(7)2;1-10(7-4-8-10)9-5-2-3-6-9;;;/h1-5H3;2,5H,3-4,7-8H2,1H3;2*1H;/q2*-1;;;+4/p-2. The zero-order chi connectivity index (χ0) is 15.0. The quantitative estimate of drug-likeness (QED) is 0.421. The molecule has 1 saturated heterocycles. The molecular weight excluding hydrogens is 375 g/mol. The Labute approximate surface area is 171 Å². The zero-order valence-corrected chi connectivity index (χ0v) is 19.3. The third kappa shape index (κ3) is 5.75. The molecule has 2 aliphatic carbocycles. The third-order valence-corrected chi connectivity index (χ3v) is 9.92. The summed E-state index contributed by atoms with van der Waals surface area (Å²) in [5.41, 5.74) is 4.39. The van der Waals surface area contributed by atoms with Gasteiger partial charge in [0.1, 0.15) is 0 Å². The van der Waals surface area contributed by atoms with E-state index in [0.29, 0.717) is 0 Å². The van der Waals surface area contributed by atoms with Gasteiger partial charge >= 0.3 is 21.7 Å². The molecule has 4 heteroatoms. The fraction of sp³-hybridized carbons (Fsp3) is 0.579. The molecule has 0 saturated carbocycles. The fourth-order valence-corrected chi connectivity index (χ4v) is 6.20. The first-order valence-electron chi connectivity index (χ1n) is 7.84. The molecule has 0 N–H and O–H groups in total. The number of allylic oxidation sites excluding steroid dienone is 8. The summed E-state index contributed by atoms with van der Waals surface area (Å²) in [5.74, 6) is 0. The second-order valence-electron chi connectivity index (χ2n) is 7.24. The van der Waals surface area contributed by atoms with E-state index in [-0.39, 0.29) is 51.9 Å². The zero-order valence-electron chi connectivity index (χ0n) is 15.2. The molecule has 0 spiro atoms. The minimum absolute atomic E-state index is 0. The molecule has 0 nitrogen and oxygen atoms in total. The summed E-state index contributed by atoms with van der Waals surface area (Å²) in [6, 6.07) is 3.03. The molecule has 0 amide bonds. The van der Waals surface area contributed by atoms with Crippen LogP contribution in [0.25, 0.3) is 0 Å². The molecular formula is C19H28Cl2SiTi. The Morgan fingerprint density at radius 2 is 1.65 bits per heavy atom. The maximum Gasteiger partial charge on any atom is 4.00 e. The van der Waals surface area contributed by atoms with Gasteiger partial charge in [0.15, 0.2) is 0 Å². The molecule has 0 atom stereocenters. The number of rotatable bonds is 1. The van der Waals surface area contributed by atoms with E-state index in [9.17, 15) is 0 Å². The summed E-state index contributed by atoms with van der Waals surface area (Å²) in [6.07, 6.45) is 14.0. The number of hydrogen-bond acceptors (Lipinski definition) is 0. The average Bonchev–Trinajstić information content (AvgIpc) is 2.93. The molecule has 1 aliphatic heterocycles. The Morgan fingerprint density at radius 3 is 1.87 bits per heavy atom. The van der Waals surface area contributed by atoms with Crippen LogP contribution in [0.4, 0.5) is 0 Å². The average molecular weight is 403 g/mol. The van der Waals surface area contributed by atoms with Crippen molar-refractivity contribution >= 4 is 8.07 Å². The molecule has 3 rings (SSSR count). The molecule has 0 radical (unpaired) electrons. The fourth-order valence-electron chi connectivity index (χ4n) is 3.20. The smallest absolute Gasteiger partial charge is 1.00 e. The van der Waals surface area contributed by atoms with E-state index < -0.39 is 8.07 Å². The SMILES string of the molecule is CC1=[C-]C(C)(C)C(C)=C1C.C[Si]1(C2=[C-]CC=C2)CCC1.[Cl-].[Cl-].[Ti+4]. The van der Waals surface area contributed by atoms with Crippen molar-refractivity contribution in [1.82, 2.24) is 0 Å². The topological polar surface area (TPSA) is 0 Å². The van der Waals surface area contributed by atoms with Crippen LogP contribution < -0.4 is 24.8 Å². The van der Waals surface area contributed by atoms with Crippen molar-refractivity contribution in [3.8, 4) is 0 Å².